The second-order valence-corrected chi connectivity index (χ2v) is 8.31. The van der Waals surface area contributed by atoms with Crippen molar-refractivity contribution < 1.29 is 0 Å². The second-order valence-electron chi connectivity index (χ2n) is 8.31. The van der Waals surface area contributed by atoms with Crippen LogP contribution in [0.3, 0.4) is 0 Å². The van der Waals surface area contributed by atoms with Gasteiger partial charge >= 0.3 is 0 Å². The Balaban J connectivity index is 1.56. The van der Waals surface area contributed by atoms with Crippen LogP contribution in [0.5, 0.6) is 0 Å². The first-order chi connectivity index (χ1) is 14.8. The van der Waals surface area contributed by atoms with Crippen LogP contribution >= 0.6 is 0 Å². The molecule has 0 saturated heterocycles. The molecule has 0 N–H and O–H groups in total. The largest absolute Gasteiger partial charge is 0.236 e. The average molecular weight is 401 g/mol. The lowest BCUT2D eigenvalue weighted by molar-refractivity contribution is 0.632. The van der Waals surface area contributed by atoms with Gasteiger partial charge in [-0.15, -0.1) is 0 Å². The van der Waals surface area contributed by atoms with E-state index in [1.54, 1.807) is 0 Å². The van der Waals surface area contributed by atoms with Crippen LogP contribution in [0.15, 0.2) is 60.9 Å². The van der Waals surface area contributed by atoms with Crippen LogP contribution in [0.1, 0.15) is 76.3 Å². The van der Waals surface area contributed by atoms with Gasteiger partial charge in [0.05, 0.1) is 0 Å². The minimum Gasteiger partial charge on any atom is -0.236 e. The Labute approximate surface area is 182 Å². The molecule has 0 radical (unpaired) electrons. The average Bonchev–Trinajstić information content (AvgIpc) is 2.80. The molecule has 3 aromatic rings. The van der Waals surface area contributed by atoms with E-state index in [2.05, 4.69) is 72.3 Å². The Morgan fingerprint density at radius 2 is 0.967 bits per heavy atom. The summed E-state index contributed by atoms with van der Waals surface area (Å²) in [6, 6.07) is 17.7. The van der Waals surface area contributed by atoms with Gasteiger partial charge in [0.25, 0.3) is 0 Å². The third kappa shape index (κ3) is 6.79. The number of unbranched alkanes of at least 4 members (excludes halogenated alkanes) is 6. The van der Waals surface area contributed by atoms with E-state index in [-0.39, 0.29) is 0 Å². The van der Waals surface area contributed by atoms with E-state index in [1.807, 2.05) is 12.4 Å². The number of rotatable bonds is 12. The van der Waals surface area contributed by atoms with E-state index in [1.165, 1.54) is 80.0 Å². The molecule has 0 unspecified atom stereocenters. The van der Waals surface area contributed by atoms with Crippen molar-refractivity contribution in [3.05, 3.63) is 72.1 Å². The normalized spacial score (nSPS) is 11.0. The minimum absolute atomic E-state index is 0.805. The maximum absolute atomic E-state index is 4.58. The maximum atomic E-state index is 4.58. The summed E-state index contributed by atoms with van der Waals surface area (Å²) in [6.45, 7) is 4.50. The van der Waals surface area contributed by atoms with Gasteiger partial charge in [0.1, 0.15) is 0 Å². The van der Waals surface area contributed by atoms with Crippen molar-refractivity contribution in [1.82, 2.24) is 9.97 Å². The lowest BCUT2D eigenvalue weighted by atomic mass is 10.00. The van der Waals surface area contributed by atoms with Crippen molar-refractivity contribution in [1.29, 1.82) is 0 Å². The summed E-state index contributed by atoms with van der Waals surface area (Å²) in [7, 11) is 0. The maximum Gasteiger partial charge on any atom is 0.159 e. The molecule has 0 aliphatic carbocycles. The Morgan fingerprint density at radius 3 is 1.60 bits per heavy atom. The van der Waals surface area contributed by atoms with Gasteiger partial charge in [0.2, 0.25) is 0 Å². The van der Waals surface area contributed by atoms with Crippen LogP contribution in [0.4, 0.5) is 0 Å². The Bertz CT molecular complexity index is 849. The van der Waals surface area contributed by atoms with E-state index in [0.29, 0.717) is 0 Å². The molecule has 0 bridgehead atoms. The molecule has 30 heavy (non-hydrogen) atoms. The molecule has 0 amide bonds. The highest BCUT2D eigenvalue weighted by atomic mass is 14.9. The van der Waals surface area contributed by atoms with Gasteiger partial charge in [0, 0.05) is 18.0 Å². The van der Waals surface area contributed by atoms with E-state index >= 15 is 0 Å². The van der Waals surface area contributed by atoms with Crippen LogP contribution in [-0.4, -0.2) is 9.97 Å². The standard InChI is InChI=1S/C28H36N2/c1-3-5-7-8-10-11-23-13-15-25(16-14-23)26-17-19-27(20-18-26)28-29-21-24(22-30-28)12-9-6-4-2/h13-22H,3-12H2,1-2H3. The van der Waals surface area contributed by atoms with Crippen LogP contribution in [0, 0.1) is 0 Å². The zero-order valence-corrected chi connectivity index (χ0v) is 18.7. The van der Waals surface area contributed by atoms with Gasteiger partial charge in [-0.25, -0.2) is 9.97 Å². The third-order valence-electron chi connectivity index (χ3n) is 5.77. The molecule has 0 aliphatic rings. The fraction of sp³-hybridized carbons (Fsp3) is 0.429. The first-order valence-corrected chi connectivity index (χ1v) is 11.8. The minimum atomic E-state index is 0.805. The van der Waals surface area contributed by atoms with Crippen LogP contribution in [-0.2, 0) is 12.8 Å². The molecule has 0 aliphatic heterocycles. The molecule has 2 aromatic carbocycles. The van der Waals surface area contributed by atoms with Crippen molar-refractivity contribution in [3.8, 4) is 22.5 Å². The van der Waals surface area contributed by atoms with E-state index in [9.17, 15) is 0 Å². The van der Waals surface area contributed by atoms with E-state index in [4.69, 9.17) is 0 Å². The summed E-state index contributed by atoms with van der Waals surface area (Å²) in [5, 5.41) is 0. The zero-order valence-electron chi connectivity index (χ0n) is 18.7. The fourth-order valence-electron chi connectivity index (χ4n) is 3.82. The van der Waals surface area contributed by atoms with Gasteiger partial charge in [-0.05, 0) is 47.9 Å². The van der Waals surface area contributed by atoms with Gasteiger partial charge in [-0.1, -0.05) is 101 Å². The highest BCUT2D eigenvalue weighted by molar-refractivity contribution is 5.67. The van der Waals surface area contributed by atoms with Crippen LogP contribution in [0.25, 0.3) is 22.5 Å². The summed E-state index contributed by atoms with van der Waals surface area (Å²) in [5.41, 5.74) is 6.25. The van der Waals surface area contributed by atoms with Gasteiger partial charge in [-0.3, -0.25) is 0 Å². The highest BCUT2D eigenvalue weighted by Gasteiger charge is 2.04. The Morgan fingerprint density at radius 1 is 0.500 bits per heavy atom. The predicted octanol–water partition coefficient (Wildman–Crippen LogP) is 8.06. The first-order valence-electron chi connectivity index (χ1n) is 11.8. The molecule has 2 nitrogen and oxygen atoms in total. The molecular weight excluding hydrogens is 364 g/mol. The molecule has 0 saturated carbocycles. The summed E-state index contributed by atoms with van der Waals surface area (Å²) >= 11 is 0. The molecule has 2 heteroatoms. The third-order valence-corrected chi connectivity index (χ3v) is 5.77. The van der Waals surface area contributed by atoms with Crippen molar-refractivity contribution in [2.24, 2.45) is 0 Å². The number of nitrogens with zero attached hydrogens (tertiary/aromatic N) is 2. The van der Waals surface area contributed by atoms with E-state index in [0.717, 1.165) is 17.8 Å². The molecule has 3 rings (SSSR count). The molecule has 1 aromatic heterocycles. The second kappa shape index (κ2) is 12.3. The van der Waals surface area contributed by atoms with Gasteiger partial charge < -0.3 is 0 Å². The Kier molecular flexibility index (Phi) is 9.08. The van der Waals surface area contributed by atoms with Crippen molar-refractivity contribution in [2.45, 2.75) is 78.1 Å². The van der Waals surface area contributed by atoms with Gasteiger partial charge in [-0.2, -0.15) is 0 Å². The predicted molar refractivity (Wildman–Crippen MR) is 129 cm³/mol. The topological polar surface area (TPSA) is 25.8 Å². The van der Waals surface area contributed by atoms with Crippen LogP contribution < -0.4 is 0 Å². The molecular formula is C28H36N2. The Hall–Kier alpha value is -2.48. The number of hydrogen-bond acceptors (Lipinski definition) is 2. The summed E-state index contributed by atoms with van der Waals surface area (Å²) in [6.07, 6.45) is 16.6. The van der Waals surface area contributed by atoms with Crippen molar-refractivity contribution in [2.75, 3.05) is 0 Å². The lowest BCUT2D eigenvalue weighted by Crippen LogP contribution is -1.93. The van der Waals surface area contributed by atoms with Crippen molar-refractivity contribution >= 4 is 0 Å². The molecule has 1 heterocycles. The summed E-state index contributed by atoms with van der Waals surface area (Å²) in [5.74, 6) is 0.805. The van der Waals surface area contributed by atoms with E-state index < -0.39 is 0 Å². The number of aromatic nitrogens is 2. The molecule has 0 spiro atoms. The molecule has 158 valence electrons. The summed E-state index contributed by atoms with van der Waals surface area (Å²) < 4.78 is 0. The zero-order chi connectivity index (χ0) is 21.0. The molecule has 0 atom stereocenters. The number of hydrogen-bond donors (Lipinski definition) is 0. The van der Waals surface area contributed by atoms with Crippen LogP contribution in [0.2, 0.25) is 0 Å². The van der Waals surface area contributed by atoms with Crippen molar-refractivity contribution in [3.63, 3.8) is 0 Å². The lowest BCUT2D eigenvalue weighted by Gasteiger charge is -2.07. The number of aryl methyl sites for hydroxylation is 2. The highest BCUT2D eigenvalue weighted by Crippen LogP contribution is 2.24. The quantitative estimate of drug-likeness (QED) is 0.287. The SMILES string of the molecule is CCCCCCCc1ccc(-c2ccc(-c3ncc(CCCCC)cn3)cc2)cc1. The monoisotopic (exact) mass is 400 g/mol. The summed E-state index contributed by atoms with van der Waals surface area (Å²) in [4.78, 5) is 9.16. The smallest absolute Gasteiger partial charge is 0.159 e. The first kappa shape index (κ1) is 22.2. The molecule has 0 fully saturated rings. The fourth-order valence-corrected chi connectivity index (χ4v) is 3.82. The number of benzene rings is 2. The van der Waals surface area contributed by atoms with Gasteiger partial charge in [0.15, 0.2) is 5.82 Å².